The molecule has 0 heterocycles. The standard InChI is InChI=1S/C24H19Cl2N3O4/c1-15-2-6-17(7-3-15)23(31)27-14-22(30)29-28-13-16-4-9-19(10-5-16)33-24(32)20-11-8-18(25)12-21(20)26/h2-13H,14H2,1H3,(H,27,31)(H,29,30)/b28-13+. The van der Waals surface area contributed by atoms with Crippen LogP contribution in [0.15, 0.2) is 71.8 Å². The SMILES string of the molecule is Cc1ccc(C(=O)NCC(=O)N/N=C/c2ccc(OC(=O)c3ccc(Cl)cc3Cl)cc2)cc1. The number of carbonyl (C=O) groups excluding carboxylic acids is 3. The first kappa shape index (κ1) is 24.0. The highest BCUT2D eigenvalue weighted by Crippen LogP contribution is 2.23. The monoisotopic (exact) mass is 483 g/mol. The number of carbonyl (C=O) groups is 3. The maximum Gasteiger partial charge on any atom is 0.345 e. The number of esters is 1. The maximum absolute atomic E-state index is 12.2. The van der Waals surface area contributed by atoms with E-state index in [0.717, 1.165) is 5.56 Å². The minimum Gasteiger partial charge on any atom is -0.423 e. The van der Waals surface area contributed by atoms with Crippen LogP contribution in [0.4, 0.5) is 0 Å². The summed E-state index contributed by atoms with van der Waals surface area (Å²) in [6, 6.07) is 18.0. The third-order valence-electron chi connectivity index (χ3n) is 4.37. The summed E-state index contributed by atoms with van der Waals surface area (Å²) >= 11 is 11.8. The smallest absolute Gasteiger partial charge is 0.345 e. The van der Waals surface area contributed by atoms with E-state index in [1.807, 2.05) is 19.1 Å². The van der Waals surface area contributed by atoms with E-state index in [-0.39, 0.29) is 23.0 Å². The van der Waals surface area contributed by atoms with Crippen molar-refractivity contribution in [2.24, 2.45) is 5.10 Å². The van der Waals surface area contributed by atoms with Gasteiger partial charge in [0.15, 0.2) is 0 Å². The number of benzene rings is 3. The summed E-state index contributed by atoms with van der Waals surface area (Å²) in [5.74, 6) is -1.12. The highest BCUT2D eigenvalue weighted by Gasteiger charge is 2.13. The molecule has 0 aliphatic rings. The fraction of sp³-hybridized carbons (Fsp3) is 0.0833. The number of amides is 2. The van der Waals surface area contributed by atoms with Gasteiger partial charge in [-0.15, -0.1) is 0 Å². The molecule has 3 rings (SSSR count). The number of halogens is 2. The van der Waals surface area contributed by atoms with Crippen LogP contribution < -0.4 is 15.5 Å². The Labute approximate surface area is 200 Å². The van der Waals surface area contributed by atoms with Gasteiger partial charge in [-0.3, -0.25) is 9.59 Å². The number of aryl methyl sites for hydroxylation is 1. The average Bonchev–Trinajstić information content (AvgIpc) is 2.79. The van der Waals surface area contributed by atoms with Crippen LogP contribution in [-0.4, -0.2) is 30.5 Å². The molecule has 7 nitrogen and oxygen atoms in total. The van der Waals surface area contributed by atoms with E-state index in [4.69, 9.17) is 27.9 Å². The molecule has 0 aliphatic heterocycles. The Bertz CT molecular complexity index is 1190. The van der Waals surface area contributed by atoms with Crippen molar-refractivity contribution < 1.29 is 19.1 Å². The molecule has 0 saturated carbocycles. The molecule has 2 N–H and O–H groups in total. The number of ether oxygens (including phenoxy) is 1. The van der Waals surface area contributed by atoms with Crippen LogP contribution in [-0.2, 0) is 4.79 Å². The topological polar surface area (TPSA) is 96.9 Å². The molecule has 0 saturated heterocycles. The lowest BCUT2D eigenvalue weighted by Crippen LogP contribution is -2.34. The van der Waals surface area contributed by atoms with Gasteiger partial charge in [-0.1, -0.05) is 40.9 Å². The van der Waals surface area contributed by atoms with Gasteiger partial charge in [-0.25, -0.2) is 10.2 Å². The average molecular weight is 484 g/mol. The fourth-order valence-corrected chi connectivity index (χ4v) is 3.11. The quantitative estimate of drug-likeness (QED) is 0.225. The number of rotatable bonds is 7. The first-order valence-electron chi connectivity index (χ1n) is 9.76. The summed E-state index contributed by atoms with van der Waals surface area (Å²) in [6.45, 7) is 1.71. The number of hydrazone groups is 1. The van der Waals surface area contributed by atoms with Gasteiger partial charge in [0, 0.05) is 10.6 Å². The molecule has 2 amide bonds. The second kappa shape index (κ2) is 11.3. The van der Waals surface area contributed by atoms with Crippen molar-refractivity contribution in [1.29, 1.82) is 0 Å². The van der Waals surface area contributed by atoms with Crippen molar-refractivity contribution in [2.75, 3.05) is 6.54 Å². The van der Waals surface area contributed by atoms with E-state index < -0.39 is 11.9 Å². The molecule has 0 aromatic heterocycles. The van der Waals surface area contributed by atoms with Crippen LogP contribution in [0.5, 0.6) is 5.75 Å². The van der Waals surface area contributed by atoms with E-state index in [9.17, 15) is 14.4 Å². The van der Waals surface area contributed by atoms with Crippen molar-refractivity contribution in [1.82, 2.24) is 10.7 Å². The van der Waals surface area contributed by atoms with E-state index in [1.54, 1.807) is 42.5 Å². The van der Waals surface area contributed by atoms with Gasteiger partial charge in [-0.2, -0.15) is 5.10 Å². The minimum absolute atomic E-state index is 0.196. The number of nitrogens with one attached hydrogen (secondary N) is 2. The zero-order valence-corrected chi connectivity index (χ0v) is 19.0. The largest absolute Gasteiger partial charge is 0.423 e. The minimum atomic E-state index is -0.613. The number of nitrogens with zero attached hydrogens (tertiary/aromatic N) is 1. The second-order valence-corrected chi connectivity index (χ2v) is 7.77. The van der Waals surface area contributed by atoms with Crippen molar-refractivity contribution in [3.8, 4) is 5.75 Å². The van der Waals surface area contributed by atoms with Crippen LogP contribution in [0, 0.1) is 6.92 Å². The first-order valence-corrected chi connectivity index (χ1v) is 10.5. The summed E-state index contributed by atoms with van der Waals surface area (Å²) < 4.78 is 5.30. The molecule has 3 aromatic rings. The summed E-state index contributed by atoms with van der Waals surface area (Å²) in [5, 5.41) is 6.99. The number of hydrogen-bond donors (Lipinski definition) is 2. The lowest BCUT2D eigenvalue weighted by Gasteiger charge is -2.06. The van der Waals surface area contributed by atoms with Crippen LogP contribution in [0.2, 0.25) is 10.0 Å². The molecule has 0 atom stereocenters. The molecule has 0 radical (unpaired) electrons. The third kappa shape index (κ3) is 7.17. The molecule has 0 aliphatic carbocycles. The lowest BCUT2D eigenvalue weighted by molar-refractivity contribution is -0.120. The van der Waals surface area contributed by atoms with E-state index in [2.05, 4.69) is 15.8 Å². The van der Waals surface area contributed by atoms with Gasteiger partial charge >= 0.3 is 5.97 Å². The Morgan fingerprint density at radius 3 is 2.33 bits per heavy atom. The maximum atomic E-state index is 12.2. The summed E-state index contributed by atoms with van der Waals surface area (Å²) in [6.07, 6.45) is 1.42. The molecule has 3 aromatic carbocycles. The highest BCUT2D eigenvalue weighted by atomic mass is 35.5. The Kier molecular flexibility index (Phi) is 8.18. The summed E-state index contributed by atoms with van der Waals surface area (Å²) in [5.41, 5.74) is 4.69. The Hall–Kier alpha value is -3.68. The Balaban J connectivity index is 1.46. The molecule has 168 valence electrons. The van der Waals surface area contributed by atoms with Crippen LogP contribution in [0.3, 0.4) is 0 Å². The molecule has 0 fully saturated rings. The van der Waals surface area contributed by atoms with Gasteiger partial charge in [0.25, 0.3) is 11.8 Å². The van der Waals surface area contributed by atoms with E-state index in [0.29, 0.717) is 21.9 Å². The van der Waals surface area contributed by atoms with Crippen molar-refractivity contribution in [3.63, 3.8) is 0 Å². The molecule has 33 heavy (non-hydrogen) atoms. The zero-order valence-electron chi connectivity index (χ0n) is 17.5. The van der Waals surface area contributed by atoms with Crippen LogP contribution >= 0.6 is 23.2 Å². The van der Waals surface area contributed by atoms with Crippen molar-refractivity contribution >= 4 is 47.2 Å². The zero-order chi connectivity index (χ0) is 23.8. The van der Waals surface area contributed by atoms with Gasteiger partial charge in [0.05, 0.1) is 23.3 Å². The predicted molar refractivity (Wildman–Crippen MR) is 127 cm³/mol. The summed E-state index contributed by atoms with van der Waals surface area (Å²) in [4.78, 5) is 36.1. The van der Waals surface area contributed by atoms with Crippen molar-refractivity contribution in [3.05, 3.63) is 99.0 Å². The molecule has 0 unspecified atom stereocenters. The van der Waals surface area contributed by atoms with E-state index in [1.165, 1.54) is 18.3 Å². The van der Waals surface area contributed by atoms with Crippen LogP contribution in [0.1, 0.15) is 31.8 Å². The van der Waals surface area contributed by atoms with Crippen LogP contribution in [0.25, 0.3) is 0 Å². The Morgan fingerprint density at radius 2 is 1.67 bits per heavy atom. The molecular formula is C24H19Cl2N3O4. The predicted octanol–water partition coefficient (Wildman–Crippen LogP) is 4.40. The van der Waals surface area contributed by atoms with Gasteiger partial charge in [-0.05, 0) is 67.1 Å². The van der Waals surface area contributed by atoms with E-state index >= 15 is 0 Å². The highest BCUT2D eigenvalue weighted by molar-refractivity contribution is 6.36. The summed E-state index contributed by atoms with van der Waals surface area (Å²) in [7, 11) is 0. The molecule has 0 bridgehead atoms. The van der Waals surface area contributed by atoms with Gasteiger partial charge in [0.2, 0.25) is 0 Å². The molecule has 9 heteroatoms. The molecule has 0 spiro atoms. The normalized spacial score (nSPS) is 10.6. The Morgan fingerprint density at radius 1 is 0.970 bits per heavy atom. The number of hydrogen-bond acceptors (Lipinski definition) is 5. The van der Waals surface area contributed by atoms with Gasteiger partial charge < -0.3 is 10.1 Å². The fourth-order valence-electron chi connectivity index (χ4n) is 2.62. The third-order valence-corrected chi connectivity index (χ3v) is 4.92. The van der Waals surface area contributed by atoms with Gasteiger partial charge in [0.1, 0.15) is 5.75 Å². The first-order chi connectivity index (χ1) is 15.8. The lowest BCUT2D eigenvalue weighted by atomic mass is 10.1. The van der Waals surface area contributed by atoms with Crippen molar-refractivity contribution in [2.45, 2.75) is 6.92 Å². The second-order valence-electron chi connectivity index (χ2n) is 6.92. The molecular weight excluding hydrogens is 465 g/mol.